The standard InChI is InChI=1S/C66H50N2/c1-41-37-46(33-36-67-41)68-62-32-27-45(38-61(62)65(2)34-10-11-35-66(65,68)3)57-39-58(50-24-12-18-42-15-4-7-21-47(42)50)54-30-31-56-60(52-26-14-20-44-17-6-9-23-49(44)52)40-59(55-29-28-53(57)63(54)64(55)56)51-25-13-19-43-16-5-8-22-48(43)51/h4-9,12-33,36-40H,10-11,34-35H2,1-3H3. The van der Waals surface area contributed by atoms with Crippen molar-refractivity contribution < 1.29 is 0 Å². The first kappa shape index (κ1) is 39.4. The van der Waals surface area contributed by atoms with Crippen LogP contribution in [0, 0.1) is 6.92 Å². The van der Waals surface area contributed by atoms with Crippen LogP contribution in [0.2, 0.25) is 0 Å². The smallest absolute Gasteiger partial charge is 0.0517 e. The highest BCUT2D eigenvalue weighted by atomic mass is 15.3. The Balaban J connectivity index is 1.12. The van der Waals surface area contributed by atoms with E-state index in [1.54, 1.807) is 0 Å². The number of nitrogens with zero attached hydrogens (tertiary/aromatic N) is 2. The molecule has 1 saturated carbocycles. The lowest BCUT2D eigenvalue weighted by molar-refractivity contribution is 0.195. The zero-order chi connectivity index (χ0) is 45.3. The van der Waals surface area contributed by atoms with Gasteiger partial charge in [-0.2, -0.15) is 0 Å². The summed E-state index contributed by atoms with van der Waals surface area (Å²) >= 11 is 0. The number of anilines is 2. The Kier molecular flexibility index (Phi) is 8.45. The second-order valence-corrected chi connectivity index (χ2v) is 20.1. The van der Waals surface area contributed by atoms with E-state index in [1.807, 2.05) is 6.20 Å². The van der Waals surface area contributed by atoms with Crippen molar-refractivity contribution in [3.05, 3.63) is 212 Å². The monoisotopic (exact) mass is 870 g/mol. The van der Waals surface area contributed by atoms with Crippen molar-refractivity contribution in [1.29, 1.82) is 0 Å². The van der Waals surface area contributed by atoms with Crippen LogP contribution in [0.3, 0.4) is 0 Å². The summed E-state index contributed by atoms with van der Waals surface area (Å²) in [6.45, 7) is 7.19. The molecule has 0 spiro atoms. The van der Waals surface area contributed by atoms with Gasteiger partial charge in [-0.15, -0.1) is 0 Å². The minimum Gasteiger partial charge on any atom is -0.334 e. The van der Waals surface area contributed by atoms with Crippen LogP contribution in [0.1, 0.15) is 50.8 Å². The van der Waals surface area contributed by atoms with E-state index in [2.05, 4.69) is 225 Å². The van der Waals surface area contributed by atoms with Crippen molar-refractivity contribution >= 4 is 76.0 Å². The lowest BCUT2D eigenvalue weighted by atomic mass is 9.61. The van der Waals surface area contributed by atoms with Gasteiger partial charge >= 0.3 is 0 Å². The van der Waals surface area contributed by atoms with Crippen LogP contribution in [0.5, 0.6) is 0 Å². The summed E-state index contributed by atoms with van der Waals surface area (Å²) in [7, 11) is 0. The zero-order valence-electron chi connectivity index (χ0n) is 38.8. The molecule has 2 nitrogen and oxygen atoms in total. The minimum absolute atomic E-state index is 0.0310. The summed E-state index contributed by atoms with van der Waals surface area (Å²) < 4.78 is 0. The average Bonchev–Trinajstić information content (AvgIpc) is 3.59. The number of rotatable bonds is 5. The Morgan fingerprint density at radius 2 is 0.882 bits per heavy atom. The quantitative estimate of drug-likeness (QED) is 0.160. The minimum atomic E-state index is -0.0627. The molecule has 0 amide bonds. The number of aryl methyl sites for hydroxylation is 1. The van der Waals surface area contributed by atoms with E-state index in [1.165, 1.54) is 139 Å². The molecule has 1 aliphatic heterocycles. The first-order valence-corrected chi connectivity index (χ1v) is 24.5. The molecule has 12 aromatic rings. The largest absolute Gasteiger partial charge is 0.334 e. The molecule has 324 valence electrons. The lowest BCUT2D eigenvalue weighted by Crippen LogP contribution is -2.54. The molecule has 0 bridgehead atoms. The fourth-order valence-corrected chi connectivity index (χ4v) is 13.3. The molecule has 0 radical (unpaired) electrons. The lowest BCUT2D eigenvalue weighted by Gasteiger charge is -2.50. The first-order chi connectivity index (χ1) is 33.4. The Labute approximate surface area is 397 Å². The molecule has 68 heavy (non-hydrogen) atoms. The van der Waals surface area contributed by atoms with Gasteiger partial charge < -0.3 is 4.90 Å². The Morgan fingerprint density at radius 1 is 0.412 bits per heavy atom. The molecule has 1 aliphatic carbocycles. The molecule has 2 unspecified atom stereocenters. The summed E-state index contributed by atoms with van der Waals surface area (Å²) in [6, 6.07) is 73.8. The van der Waals surface area contributed by atoms with Gasteiger partial charge in [0, 0.05) is 28.7 Å². The fourth-order valence-electron chi connectivity index (χ4n) is 13.3. The summed E-state index contributed by atoms with van der Waals surface area (Å²) in [5.41, 5.74) is 15.1. The van der Waals surface area contributed by atoms with E-state index in [9.17, 15) is 0 Å². The first-order valence-electron chi connectivity index (χ1n) is 24.5. The summed E-state index contributed by atoms with van der Waals surface area (Å²) in [6.07, 6.45) is 6.77. The number of aromatic nitrogens is 1. The second kappa shape index (κ2) is 14.6. The van der Waals surface area contributed by atoms with E-state index in [4.69, 9.17) is 0 Å². The average molecular weight is 871 g/mol. The van der Waals surface area contributed by atoms with Gasteiger partial charge in [0.2, 0.25) is 0 Å². The highest BCUT2D eigenvalue weighted by Gasteiger charge is 2.57. The molecule has 1 fully saturated rings. The second-order valence-electron chi connectivity index (χ2n) is 20.1. The molecule has 14 rings (SSSR count). The van der Waals surface area contributed by atoms with Gasteiger partial charge in [-0.25, -0.2) is 0 Å². The van der Waals surface area contributed by atoms with Crippen molar-refractivity contribution in [2.75, 3.05) is 4.90 Å². The van der Waals surface area contributed by atoms with Crippen LogP contribution in [-0.4, -0.2) is 10.5 Å². The van der Waals surface area contributed by atoms with Crippen LogP contribution >= 0.6 is 0 Å². The van der Waals surface area contributed by atoms with Crippen LogP contribution in [-0.2, 0) is 5.41 Å². The molecule has 2 atom stereocenters. The summed E-state index contributed by atoms with van der Waals surface area (Å²) in [5.74, 6) is 0. The van der Waals surface area contributed by atoms with Gasteiger partial charge in [0.25, 0.3) is 0 Å². The number of pyridine rings is 1. The number of fused-ring (bicyclic) bond motifs is 6. The highest BCUT2D eigenvalue weighted by molar-refractivity contribution is 6.33. The molecule has 2 aliphatic rings. The van der Waals surface area contributed by atoms with E-state index < -0.39 is 0 Å². The molecular formula is C66H50N2. The predicted molar refractivity (Wildman–Crippen MR) is 290 cm³/mol. The zero-order valence-corrected chi connectivity index (χ0v) is 38.8. The van der Waals surface area contributed by atoms with Crippen molar-refractivity contribution in [2.24, 2.45) is 0 Å². The van der Waals surface area contributed by atoms with Crippen molar-refractivity contribution in [3.8, 4) is 44.5 Å². The van der Waals surface area contributed by atoms with Gasteiger partial charge in [0.05, 0.1) is 5.54 Å². The van der Waals surface area contributed by atoms with Crippen LogP contribution < -0.4 is 4.90 Å². The third-order valence-corrected chi connectivity index (χ3v) is 16.7. The topological polar surface area (TPSA) is 16.1 Å². The van der Waals surface area contributed by atoms with E-state index in [0.29, 0.717) is 0 Å². The maximum absolute atomic E-state index is 4.63. The van der Waals surface area contributed by atoms with E-state index >= 15 is 0 Å². The van der Waals surface area contributed by atoms with Gasteiger partial charge in [0.15, 0.2) is 0 Å². The third kappa shape index (κ3) is 5.49. The van der Waals surface area contributed by atoms with Crippen molar-refractivity contribution in [1.82, 2.24) is 4.98 Å². The van der Waals surface area contributed by atoms with Crippen molar-refractivity contribution in [2.45, 2.75) is 57.4 Å². The molecular weight excluding hydrogens is 821 g/mol. The van der Waals surface area contributed by atoms with Gasteiger partial charge in [0.1, 0.15) is 0 Å². The third-order valence-electron chi connectivity index (χ3n) is 16.7. The number of hydrogen-bond acceptors (Lipinski definition) is 2. The van der Waals surface area contributed by atoms with Gasteiger partial charge in [-0.05, 0) is 178 Å². The number of benzene rings is 11. The van der Waals surface area contributed by atoms with Crippen LogP contribution in [0.4, 0.5) is 11.4 Å². The maximum Gasteiger partial charge on any atom is 0.0517 e. The summed E-state index contributed by atoms with van der Waals surface area (Å²) in [5, 5.41) is 15.3. The number of hydrogen-bond donors (Lipinski definition) is 0. The molecule has 1 aromatic heterocycles. The SMILES string of the molecule is Cc1cc(N2c3ccc(-c4cc(-c5cccc6ccccc56)c5ccc6c(-c7cccc8ccccc78)cc(-c7cccc8ccccc78)c7ccc4c5c76)cc3C3(C)CCCCC23C)ccn1. The Hall–Kier alpha value is -7.81. The van der Waals surface area contributed by atoms with E-state index in [-0.39, 0.29) is 11.0 Å². The molecule has 0 saturated heterocycles. The molecule has 2 heterocycles. The Morgan fingerprint density at radius 3 is 1.41 bits per heavy atom. The van der Waals surface area contributed by atoms with E-state index in [0.717, 1.165) is 18.5 Å². The van der Waals surface area contributed by atoms with Gasteiger partial charge in [-0.1, -0.05) is 177 Å². The fraction of sp³-hybridized carbons (Fsp3) is 0.136. The molecule has 11 aromatic carbocycles. The van der Waals surface area contributed by atoms with Crippen LogP contribution in [0.15, 0.2) is 200 Å². The molecule has 0 N–H and O–H groups in total. The van der Waals surface area contributed by atoms with Gasteiger partial charge in [-0.3, -0.25) is 4.98 Å². The normalized spacial score (nSPS) is 18.1. The van der Waals surface area contributed by atoms with Crippen LogP contribution in [0.25, 0.3) is 109 Å². The predicted octanol–water partition coefficient (Wildman–Crippen LogP) is 18.2. The molecule has 2 heteroatoms. The summed E-state index contributed by atoms with van der Waals surface area (Å²) in [4.78, 5) is 7.30. The van der Waals surface area contributed by atoms with Crippen molar-refractivity contribution in [3.63, 3.8) is 0 Å². The maximum atomic E-state index is 4.63. The Bertz CT molecular complexity index is 3930. The highest BCUT2D eigenvalue weighted by Crippen LogP contribution is 2.62.